The Hall–Kier alpha value is -2.37. The predicted octanol–water partition coefficient (Wildman–Crippen LogP) is 1.27. The van der Waals surface area contributed by atoms with E-state index in [2.05, 4.69) is 14.9 Å². The number of nitrogens with zero attached hydrogens (tertiary/aromatic N) is 2. The molecule has 0 bridgehead atoms. The largest absolute Gasteiger partial charge is 0.478 e. The molecule has 1 atom stereocenters. The Kier molecular flexibility index (Phi) is 2.81. The Labute approximate surface area is 90.4 Å². The van der Waals surface area contributed by atoms with Crippen molar-refractivity contribution in [2.75, 3.05) is 0 Å². The van der Waals surface area contributed by atoms with E-state index in [1.54, 1.807) is 30.3 Å². The topological polar surface area (TPSA) is 85.5 Å². The minimum absolute atomic E-state index is 0.122. The van der Waals surface area contributed by atoms with Crippen molar-refractivity contribution in [3.8, 4) is 5.75 Å². The number of carboxylic acids is 1. The second-order valence-electron chi connectivity index (χ2n) is 2.98. The number of carbonyl (C=O) groups is 1. The van der Waals surface area contributed by atoms with Gasteiger partial charge in [0.05, 0.1) is 0 Å². The van der Waals surface area contributed by atoms with E-state index in [4.69, 9.17) is 9.84 Å². The molecule has 1 N–H and O–H groups in total. The molecule has 0 saturated carbocycles. The Bertz CT molecular complexity index is 455. The zero-order valence-corrected chi connectivity index (χ0v) is 8.11. The Morgan fingerprint density at radius 2 is 2.12 bits per heavy atom. The lowest BCUT2D eigenvalue weighted by molar-refractivity contribution is -0.145. The molecule has 82 valence electrons. The van der Waals surface area contributed by atoms with Crippen LogP contribution in [0.4, 0.5) is 0 Å². The maximum absolute atomic E-state index is 11.0. The molecular weight excluding hydrogens is 212 g/mol. The standard InChI is InChI=1S/C10H8N2O4/c13-10(14)9(8-6-15-12-11-8)16-7-4-2-1-3-5-7/h1-6,9H,(H,13,14). The number of hydrogen-bond donors (Lipinski definition) is 1. The van der Waals surface area contributed by atoms with E-state index in [-0.39, 0.29) is 5.69 Å². The zero-order chi connectivity index (χ0) is 11.4. The van der Waals surface area contributed by atoms with Gasteiger partial charge in [0.15, 0.2) is 12.0 Å². The van der Waals surface area contributed by atoms with Crippen LogP contribution in [-0.4, -0.2) is 21.4 Å². The zero-order valence-electron chi connectivity index (χ0n) is 8.11. The van der Waals surface area contributed by atoms with Crippen LogP contribution in [0.2, 0.25) is 0 Å². The molecule has 0 amide bonds. The smallest absolute Gasteiger partial charge is 0.351 e. The molecule has 0 fully saturated rings. The second-order valence-corrected chi connectivity index (χ2v) is 2.98. The minimum Gasteiger partial charge on any atom is -0.478 e. The Balaban J connectivity index is 2.19. The van der Waals surface area contributed by atoms with Crippen molar-refractivity contribution in [1.82, 2.24) is 10.4 Å². The molecule has 0 saturated heterocycles. The third-order valence-electron chi connectivity index (χ3n) is 1.87. The summed E-state index contributed by atoms with van der Waals surface area (Å²) in [4.78, 5) is 11.0. The number of ether oxygens (including phenoxy) is 1. The van der Waals surface area contributed by atoms with E-state index in [0.29, 0.717) is 5.75 Å². The van der Waals surface area contributed by atoms with Gasteiger partial charge in [-0.05, 0) is 12.1 Å². The Morgan fingerprint density at radius 3 is 2.69 bits per heavy atom. The van der Waals surface area contributed by atoms with Crippen molar-refractivity contribution < 1.29 is 19.2 Å². The molecule has 1 unspecified atom stereocenters. The molecule has 1 heterocycles. The predicted molar refractivity (Wildman–Crippen MR) is 51.7 cm³/mol. The average Bonchev–Trinajstić information content (AvgIpc) is 2.80. The summed E-state index contributed by atoms with van der Waals surface area (Å²) >= 11 is 0. The van der Waals surface area contributed by atoms with Crippen LogP contribution in [0, 0.1) is 0 Å². The van der Waals surface area contributed by atoms with E-state index in [0.717, 1.165) is 6.26 Å². The highest BCUT2D eigenvalue weighted by molar-refractivity contribution is 5.73. The highest BCUT2D eigenvalue weighted by Gasteiger charge is 2.25. The fraction of sp³-hybridized carbons (Fsp3) is 0.100. The monoisotopic (exact) mass is 220 g/mol. The first-order valence-electron chi connectivity index (χ1n) is 4.49. The SMILES string of the molecule is O=C(O)C(Oc1ccccc1)c1conn1. The van der Waals surface area contributed by atoms with Crippen molar-refractivity contribution in [3.05, 3.63) is 42.3 Å². The molecule has 0 radical (unpaired) electrons. The highest BCUT2D eigenvalue weighted by Crippen LogP contribution is 2.20. The summed E-state index contributed by atoms with van der Waals surface area (Å²) in [6.07, 6.45) is -0.0736. The molecule has 0 aliphatic carbocycles. The van der Waals surface area contributed by atoms with Gasteiger partial charge >= 0.3 is 5.97 Å². The molecule has 6 nitrogen and oxygen atoms in total. The quantitative estimate of drug-likeness (QED) is 0.835. The van der Waals surface area contributed by atoms with Crippen molar-refractivity contribution in [2.45, 2.75) is 6.10 Å². The van der Waals surface area contributed by atoms with Crippen molar-refractivity contribution in [2.24, 2.45) is 0 Å². The van der Waals surface area contributed by atoms with Gasteiger partial charge in [0.25, 0.3) is 0 Å². The first-order chi connectivity index (χ1) is 7.77. The third kappa shape index (κ3) is 2.17. The molecule has 2 rings (SSSR count). The van der Waals surface area contributed by atoms with Gasteiger partial charge in [-0.15, -0.1) is 5.10 Å². The summed E-state index contributed by atoms with van der Waals surface area (Å²) in [5.41, 5.74) is 0.122. The molecule has 1 aromatic carbocycles. The first kappa shape index (κ1) is 10.2. The summed E-state index contributed by atoms with van der Waals surface area (Å²) < 4.78 is 9.74. The number of para-hydroxylation sites is 1. The summed E-state index contributed by atoms with van der Waals surface area (Å²) in [6.45, 7) is 0. The summed E-state index contributed by atoms with van der Waals surface area (Å²) in [7, 11) is 0. The molecule has 0 aliphatic heterocycles. The number of benzene rings is 1. The van der Waals surface area contributed by atoms with E-state index >= 15 is 0 Å². The first-order valence-corrected chi connectivity index (χ1v) is 4.49. The number of aromatic nitrogens is 2. The van der Waals surface area contributed by atoms with Gasteiger partial charge in [0.1, 0.15) is 5.75 Å². The van der Waals surface area contributed by atoms with Crippen LogP contribution in [0.3, 0.4) is 0 Å². The number of rotatable bonds is 4. The van der Waals surface area contributed by atoms with E-state index < -0.39 is 12.1 Å². The lowest BCUT2D eigenvalue weighted by atomic mass is 10.2. The molecule has 6 heteroatoms. The van der Waals surface area contributed by atoms with Crippen LogP contribution in [0.1, 0.15) is 11.8 Å². The fourth-order valence-corrected chi connectivity index (χ4v) is 1.16. The molecule has 0 aliphatic rings. The molecular formula is C10H8N2O4. The lowest BCUT2D eigenvalue weighted by Crippen LogP contribution is -2.18. The lowest BCUT2D eigenvalue weighted by Gasteiger charge is -2.11. The van der Waals surface area contributed by atoms with Crippen molar-refractivity contribution >= 4 is 5.97 Å². The number of aliphatic carboxylic acids is 1. The van der Waals surface area contributed by atoms with Gasteiger partial charge in [0.2, 0.25) is 6.10 Å². The van der Waals surface area contributed by atoms with Gasteiger partial charge in [-0.2, -0.15) is 0 Å². The van der Waals surface area contributed by atoms with Crippen LogP contribution in [0.5, 0.6) is 5.75 Å². The minimum atomic E-state index is -1.21. The van der Waals surface area contributed by atoms with Gasteiger partial charge in [-0.1, -0.05) is 18.2 Å². The molecule has 0 spiro atoms. The van der Waals surface area contributed by atoms with Gasteiger partial charge in [-0.25, -0.2) is 4.79 Å². The summed E-state index contributed by atoms with van der Waals surface area (Å²) in [5, 5.41) is 15.7. The van der Waals surface area contributed by atoms with Crippen LogP contribution < -0.4 is 4.74 Å². The second kappa shape index (κ2) is 4.43. The fourth-order valence-electron chi connectivity index (χ4n) is 1.16. The number of carboxylic acid groups (broad SMARTS) is 1. The van der Waals surface area contributed by atoms with Crippen LogP contribution in [-0.2, 0) is 4.79 Å². The Morgan fingerprint density at radius 1 is 1.38 bits per heavy atom. The number of hydrogen-bond acceptors (Lipinski definition) is 5. The summed E-state index contributed by atoms with van der Waals surface area (Å²) in [5.74, 6) is -0.711. The molecule has 1 aromatic heterocycles. The van der Waals surface area contributed by atoms with Gasteiger partial charge in [-0.3, -0.25) is 0 Å². The molecule has 2 aromatic rings. The molecule has 16 heavy (non-hydrogen) atoms. The highest BCUT2D eigenvalue weighted by atomic mass is 16.5. The average molecular weight is 220 g/mol. The van der Waals surface area contributed by atoms with E-state index in [9.17, 15) is 4.79 Å². The van der Waals surface area contributed by atoms with E-state index in [1.165, 1.54) is 0 Å². The van der Waals surface area contributed by atoms with Crippen molar-refractivity contribution in [1.29, 1.82) is 0 Å². The maximum atomic E-state index is 11.0. The van der Waals surface area contributed by atoms with Crippen LogP contribution >= 0.6 is 0 Å². The normalized spacial score (nSPS) is 12.0. The maximum Gasteiger partial charge on any atom is 0.351 e. The summed E-state index contributed by atoms with van der Waals surface area (Å²) in [6, 6.07) is 8.61. The van der Waals surface area contributed by atoms with E-state index in [1.807, 2.05) is 0 Å². The van der Waals surface area contributed by atoms with Crippen molar-refractivity contribution in [3.63, 3.8) is 0 Å². The van der Waals surface area contributed by atoms with Gasteiger partial charge < -0.3 is 14.4 Å². The third-order valence-corrected chi connectivity index (χ3v) is 1.87. The van der Waals surface area contributed by atoms with Crippen LogP contribution in [0.25, 0.3) is 0 Å². The van der Waals surface area contributed by atoms with Crippen LogP contribution in [0.15, 0.2) is 41.1 Å². The van der Waals surface area contributed by atoms with Gasteiger partial charge in [0, 0.05) is 5.27 Å².